The molecule has 0 bridgehead atoms. The van der Waals surface area contributed by atoms with Crippen LogP contribution >= 0.6 is 0 Å². The number of hydrazine groups is 1. The summed E-state index contributed by atoms with van der Waals surface area (Å²) in [7, 11) is 1.47. The van der Waals surface area contributed by atoms with Crippen molar-refractivity contribution in [2.45, 2.75) is 101 Å². The molecule has 0 fully saturated rings. The van der Waals surface area contributed by atoms with Crippen molar-refractivity contribution in [3.05, 3.63) is 95.8 Å². The average molecular weight is 1080 g/mol. The molecule has 418 valence electrons. The number of phenols is 1. The number of amides is 11. The van der Waals surface area contributed by atoms with Gasteiger partial charge in [0.25, 0.3) is 5.91 Å². The minimum Gasteiger partial charge on any atom is -0.508 e. The van der Waals surface area contributed by atoms with Crippen LogP contribution in [0.2, 0.25) is 0 Å². The van der Waals surface area contributed by atoms with E-state index in [1.54, 1.807) is 68.4 Å². The van der Waals surface area contributed by atoms with Crippen molar-refractivity contribution in [2.75, 3.05) is 26.7 Å². The highest BCUT2D eigenvalue weighted by Gasteiger charge is 2.34. The van der Waals surface area contributed by atoms with Crippen molar-refractivity contribution in [1.29, 1.82) is 0 Å². The number of guanidine groups is 1. The van der Waals surface area contributed by atoms with Gasteiger partial charge < -0.3 is 75.7 Å². The Bertz CT molecular complexity index is 2500. The van der Waals surface area contributed by atoms with E-state index in [-0.39, 0.29) is 56.3 Å². The smallest absolute Gasteiger partial charge is 0.334 e. The van der Waals surface area contributed by atoms with Gasteiger partial charge in [0.2, 0.25) is 47.3 Å². The lowest BCUT2D eigenvalue weighted by Crippen LogP contribution is -2.61. The number of aromatic hydroxyl groups is 1. The zero-order chi connectivity index (χ0) is 57.0. The summed E-state index contributed by atoms with van der Waals surface area (Å²) in [6.45, 7) is 2.22. The van der Waals surface area contributed by atoms with Crippen LogP contribution in [0.15, 0.2) is 84.1 Å². The summed E-state index contributed by atoms with van der Waals surface area (Å²) in [5.41, 5.74) is 28.4. The number of phenolic OH excluding ortho intramolecular Hbond substituents is 1. The lowest BCUT2D eigenvalue weighted by Gasteiger charge is -2.26. The molecule has 7 atom stereocenters. The second kappa shape index (κ2) is 32.4. The van der Waals surface area contributed by atoms with Gasteiger partial charge in [0, 0.05) is 38.8 Å². The zero-order valence-corrected chi connectivity index (χ0v) is 42.9. The highest BCUT2D eigenvalue weighted by atomic mass is 16.3. The fourth-order valence-electron chi connectivity index (χ4n) is 7.24. The maximum atomic E-state index is 13.9. The number of nitrogens with zero attached hydrogens (tertiary/aromatic N) is 2. The molecule has 3 rings (SSSR count). The van der Waals surface area contributed by atoms with Crippen molar-refractivity contribution < 1.29 is 58.2 Å². The van der Waals surface area contributed by atoms with Gasteiger partial charge in [-0.1, -0.05) is 62.4 Å². The fraction of sp³-hybridized carbons (Fsp3) is 0.429. The molecule has 77 heavy (non-hydrogen) atoms. The Morgan fingerprint density at radius 2 is 1.14 bits per heavy atom. The lowest BCUT2D eigenvalue weighted by atomic mass is 10.0. The van der Waals surface area contributed by atoms with Crippen LogP contribution < -0.4 is 76.3 Å². The van der Waals surface area contributed by atoms with Crippen LogP contribution in [-0.2, 0) is 62.4 Å². The van der Waals surface area contributed by atoms with E-state index in [1.165, 1.54) is 31.6 Å². The third kappa shape index (κ3) is 23.4. The second-order valence-corrected chi connectivity index (χ2v) is 18.0. The van der Waals surface area contributed by atoms with Crippen LogP contribution in [0, 0.1) is 5.92 Å². The van der Waals surface area contributed by atoms with E-state index in [1.807, 2.05) is 0 Å². The third-order valence-corrected chi connectivity index (χ3v) is 11.2. The normalized spacial score (nSPS) is 13.8. The summed E-state index contributed by atoms with van der Waals surface area (Å²) in [6, 6.07) is 6.18. The Morgan fingerprint density at radius 3 is 1.75 bits per heavy atom. The van der Waals surface area contributed by atoms with E-state index in [0.29, 0.717) is 23.1 Å². The first-order valence-electron chi connectivity index (χ1n) is 24.3. The Labute approximate surface area is 443 Å². The summed E-state index contributed by atoms with van der Waals surface area (Å²) in [5.74, 6) is -8.50. The van der Waals surface area contributed by atoms with Gasteiger partial charge in [-0.3, -0.25) is 58.6 Å². The first-order valence-corrected chi connectivity index (χ1v) is 24.3. The molecule has 0 radical (unpaired) electrons. The summed E-state index contributed by atoms with van der Waals surface area (Å²) in [5, 5.41) is 39.8. The number of nitrogens with one attached hydrogen (secondary N) is 10. The number of carbonyl (C=O) groups excluding carboxylic acids is 10. The van der Waals surface area contributed by atoms with Crippen LogP contribution in [0.1, 0.15) is 56.2 Å². The molecule has 28 heteroatoms. The number of carbonyl (C=O) groups is 10. The van der Waals surface area contributed by atoms with Crippen molar-refractivity contribution in [3.8, 4) is 5.75 Å². The highest BCUT2D eigenvalue weighted by molar-refractivity contribution is 5.98. The maximum absolute atomic E-state index is 13.9. The van der Waals surface area contributed by atoms with Crippen LogP contribution in [0.5, 0.6) is 5.75 Å². The molecule has 0 spiro atoms. The molecule has 28 nitrogen and oxygen atoms in total. The number of benzene rings is 2. The summed E-state index contributed by atoms with van der Waals surface area (Å²) < 4.78 is 0. The van der Waals surface area contributed by atoms with Crippen molar-refractivity contribution in [3.63, 3.8) is 0 Å². The minimum absolute atomic E-state index is 0.00106. The van der Waals surface area contributed by atoms with E-state index in [0.717, 1.165) is 0 Å². The Hall–Kier alpha value is -8.92. The van der Waals surface area contributed by atoms with E-state index in [4.69, 9.17) is 22.9 Å². The van der Waals surface area contributed by atoms with Gasteiger partial charge in [-0.15, -0.1) is 0 Å². The number of aliphatic hydroxyl groups is 1. The van der Waals surface area contributed by atoms with Crippen molar-refractivity contribution in [2.24, 2.45) is 33.8 Å². The first-order chi connectivity index (χ1) is 36.6. The van der Waals surface area contributed by atoms with Gasteiger partial charge in [-0.05, 0) is 66.5 Å². The predicted molar refractivity (Wildman–Crippen MR) is 278 cm³/mol. The number of nitrogens with two attached hydrogens (primary N) is 4. The number of hydrogen-bond donors (Lipinski definition) is 16. The molecule has 0 saturated carbocycles. The second-order valence-electron chi connectivity index (χ2n) is 18.0. The molecule has 0 aliphatic heterocycles. The first kappa shape index (κ1) is 62.4. The number of primary amides is 2. The number of rotatable bonds is 30. The number of urea groups is 1. The molecule has 0 aliphatic carbocycles. The predicted octanol–water partition coefficient (Wildman–Crippen LogP) is -4.91. The molecule has 20 N–H and O–H groups in total. The van der Waals surface area contributed by atoms with E-state index >= 15 is 0 Å². The van der Waals surface area contributed by atoms with E-state index in [2.05, 4.69) is 63.4 Å². The van der Waals surface area contributed by atoms with Crippen LogP contribution in [0.3, 0.4) is 0 Å². The Morgan fingerprint density at radius 1 is 0.584 bits per heavy atom. The zero-order valence-electron chi connectivity index (χ0n) is 42.9. The highest BCUT2D eigenvalue weighted by Crippen LogP contribution is 2.12. The summed E-state index contributed by atoms with van der Waals surface area (Å²) in [6.07, 6.45) is 2.18. The van der Waals surface area contributed by atoms with Crippen LogP contribution in [0.25, 0.3) is 0 Å². The van der Waals surface area contributed by atoms with Gasteiger partial charge in [0.15, 0.2) is 5.96 Å². The number of pyridine rings is 1. The largest absolute Gasteiger partial charge is 0.508 e. The lowest BCUT2D eigenvalue weighted by molar-refractivity contribution is -0.136. The topological polar surface area (TPSA) is 461 Å². The number of aliphatic imine (C=N–C) groups is 1. The minimum atomic E-state index is -1.82. The monoisotopic (exact) mass is 1070 g/mol. The van der Waals surface area contributed by atoms with Gasteiger partial charge >= 0.3 is 6.03 Å². The number of aromatic nitrogens is 1. The average Bonchev–Trinajstić information content (AvgIpc) is 3.39. The van der Waals surface area contributed by atoms with E-state index in [9.17, 15) is 58.2 Å². The number of hydrogen-bond acceptors (Lipinski definition) is 15. The van der Waals surface area contributed by atoms with Crippen LogP contribution in [0.4, 0.5) is 4.79 Å². The van der Waals surface area contributed by atoms with Gasteiger partial charge in [0.05, 0.1) is 25.6 Å². The van der Waals surface area contributed by atoms with Gasteiger partial charge in [0.1, 0.15) is 42.0 Å². The molecule has 11 amide bonds. The number of aliphatic hydroxyl groups excluding tert-OH is 1. The maximum Gasteiger partial charge on any atom is 0.334 e. The molecule has 3 aromatic rings. The summed E-state index contributed by atoms with van der Waals surface area (Å²) in [4.78, 5) is 140. The molecule has 0 saturated heterocycles. The molecule has 0 aliphatic rings. The molecule has 1 aromatic heterocycles. The van der Waals surface area contributed by atoms with Crippen molar-refractivity contribution in [1.82, 2.24) is 58.4 Å². The SMILES string of the molecule is CN=C(N)NCCC[C@H](NC(=O)[C@H](CC(C)C)NC(=O)NNC(=O)[C@H](Cc1ccccc1)NC(=O)[C@H](CO)NC(=O)[C@H](CC(N)=O)NC(=O)[C@@H](Cc1cccnc1)NC(=O)[C@H](N)Cc1ccc(O)cc1)C(=O)NCC(N)=O. The fourth-order valence-corrected chi connectivity index (χ4v) is 7.24. The van der Waals surface area contributed by atoms with Gasteiger partial charge in [-0.2, -0.15) is 0 Å². The third-order valence-electron chi connectivity index (χ3n) is 11.2. The van der Waals surface area contributed by atoms with Crippen LogP contribution in [-0.4, -0.2) is 149 Å². The molecular weight excluding hydrogens is 1000 g/mol. The molecule has 2 aromatic carbocycles. The Balaban J connectivity index is 1.76. The molecule has 0 unspecified atom stereocenters. The van der Waals surface area contributed by atoms with Gasteiger partial charge in [-0.25, -0.2) is 10.2 Å². The van der Waals surface area contributed by atoms with Crippen molar-refractivity contribution >= 4 is 65.2 Å². The molecule has 1 heterocycles. The summed E-state index contributed by atoms with van der Waals surface area (Å²) >= 11 is 0. The standard InChI is InChI=1S/C49H70N16O12/c1-27(2)19-34(43(72)58-33(42(71)57-25-40(52)69)12-8-18-56-48(53)54-3)63-49(77)65-64-47(76)36(21-28-9-5-4-6-10-28)60-46(75)38(26-66)62-45(74)37(23-39(51)68)61-44(73)35(22-30-11-7-17-55-24-30)59-41(70)32(50)20-29-13-15-31(67)16-14-29/h4-7,9-11,13-17,24,27,32-38,66-67H,8,12,18-23,25-26,50H2,1-3H3,(H2,51,68)(H2,52,69)(H,57,71)(H,58,72)(H,59,70)(H,60,75)(H,61,73)(H,62,74)(H,64,76)(H3,53,54,56)(H2,63,65,77)/t32-,33+,34+,35-,36+,37+,38+/m1/s1. The van der Waals surface area contributed by atoms with E-state index < -0.39 is 121 Å². The Kier molecular flexibility index (Phi) is 26.2. The quantitative estimate of drug-likeness (QED) is 0.0129. The molecular formula is C49H70N16O12.